The molecule has 0 fully saturated rings. The number of nitrogens with two attached hydrogens (primary N) is 1. The second kappa shape index (κ2) is 8.89. The minimum atomic E-state index is -0.226. The number of carbonyl (C=O) groups is 1. The molecule has 0 saturated heterocycles. The van der Waals surface area contributed by atoms with Crippen molar-refractivity contribution in [1.82, 2.24) is 4.90 Å². The first-order valence-electron chi connectivity index (χ1n) is 8.03. The molecular weight excluding hydrogens is 279 g/mol. The number of hydrogen-bond acceptors (Lipinski definition) is 2. The normalized spacial score (nSPS) is 14.0. The van der Waals surface area contributed by atoms with Crippen molar-refractivity contribution in [3.8, 4) is 0 Å². The molecule has 4 heteroatoms. The number of rotatable bonds is 8. The summed E-state index contributed by atoms with van der Waals surface area (Å²) in [4.78, 5) is 14.0. The largest absolute Gasteiger partial charge is 0.346 e. The Morgan fingerprint density at radius 1 is 1.32 bits per heavy atom. The van der Waals surface area contributed by atoms with Crippen LogP contribution in [-0.2, 0) is 11.2 Å². The molecule has 22 heavy (non-hydrogen) atoms. The monoisotopic (exact) mass is 308 g/mol. The molecule has 0 bridgehead atoms. The van der Waals surface area contributed by atoms with Gasteiger partial charge in [-0.05, 0) is 42.4 Å². The van der Waals surface area contributed by atoms with Gasteiger partial charge in [-0.25, -0.2) is 4.39 Å². The first kappa shape index (κ1) is 18.6. The van der Waals surface area contributed by atoms with Crippen LogP contribution in [0.1, 0.15) is 39.2 Å². The molecule has 0 aliphatic heterocycles. The fourth-order valence-electron chi connectivity index (χ4n) is 2.39. The predicted octanol–water partition coefficient (Wildman–Crippen LogP) is 3.23. The van der Waals surface area contributed by atoms with Gasteiger partial charge in [0.15, 0.2) is 0 Å². The van der Waals surface area contributed by atoms with E-state index in [-0.39, 0.29) is 23.7 Å². The Hall–Kier alpha value is -1.42. The van der Waals surface area contributed by atoms with Crippen LogP contribution in [0.15, 0.2) is 24.3 Å². The van der Waals surface area contributed by atoms with Gasteiger partial charge >= 0.3 is 0 Å². The van der Waals surface area contributed by atoms with E-state index < -0.39 is 0 Å². The van der Waals surface area contributed by atoms with Gasteiger partial charge in [0.25, 0.3) is 0 Å². The van der Waals surface area contributed by atoms with Crippen LogP contribution in [0.4, 0.5) is 4.39 Å². The molecule has 1 amide bonds. The van der Waals surface area contributed by atoms with Crippen molar-refractivity contribution in [1.29, 1.82) is 0 Å². The first-order chi connectivity index (χ1) is 10.3. The Morgan fingerprint density at radius 2 is 2.00 bits per heavy atom. The van der Waals surface area contributed by atoms with Crippen LogP contribution in [0.3, 0.4) is 0 Å². The molecule has 2 atom stereocenters. The third kappa shape index (κ3) is 6.56. The van der Waals surface area contributed by atoms with Crippen molar-refractivity contribution in [3.63, 3.8) is 0 Å². The summed E-state index contributed by atoms with van der Waals surface area (Å²) in [5.41, 5.74) is 6.94. The molecule has 124 valence electrons. The summed E-state index contributed by atoms with van der Waals surface area (Å²) in [6.45, 7) is 6.89. The van der Waals surface area contributed by atoms with E-state index in [1.807, 2.05) is 20.0 Å². The quantitative estimate of drug-likeness (QED) is 0.801. The lowest BCUT2D eigenvalue weighted by molar-refractivity contribution is -0.130. The van der Waals surface area contributed by atoms with E-state index in [4.69, 9.17) is 5.73 Å². The summed E-state index contributed by atoms with van der Waals surface area (Å²) >= 11 is 0. The standard InChI is InChI=1S/C18H29FN2O/c1-13(2)17(20)8-9-21(4)18(22)11-14(3)10-15-6-5-7-16(19)12-15/h5-7,12-14,17H,8-11,20H2,1-4H3. The third-order valence-corrected chi connectivity index (χ3v) is 4.08. The van der Waals surface area contributed by atoms with Crippen LogP contribution in [0.25, 0.3) is 0 Å². The van der Waals surface area contributed by atoms with E-state index in [9.17, 15) is 9.18 Å². The number of carbonyl (C=O) groups excluding carboxylic acids is 1. The van der Waals surface area contributed by atoms with E-state index in [0.717, 1.165) is 12.0 Å². The molecule has 0 aliphatic carbocycles. The molecule has 1 rings (SSSR count). The molecule has 0 aromatic heterocycles. The zero-order valence-corrected chi connectivity index (χ0v) is 14.2. The van der Waals surface area contributed by atoms with Crippen LogP contribution >= 0.6 is 0 Å². The zero-order chi connectivity index (χ0) is 16.7. The van der Waals surface area contributed by atoms with Crippen LogP contribution in [-0.4, -0.2) is 30.4 Å². The molecule has 0 spiro atoms. The summed E-state index contributed by atoms with van der Waals surface area (Å²) < 4.78 is 13.2. The zero-order valence-electron chi connectivity index (χ0n) is 14.2. The van der Waals surface area contributed by atoms with Gasteiger partial charge in [-0.15, -0.1) is 0 Å². The van der Waals surface area contributed by atoms with Crippen molar-refractivity contribution in [2.75, 3.05) is 13.6 Å². The second-order valence-corrected chi connectivity index (χ2v) is 6.66. The van der Waals surface area contributed by atoms with Gasteiger partial charge in [0, 0.05) is 26.1 Å². The van der Waals surface area contributed by atoms with Gasteiger partial charge in [-0.3, -0.25) is 4.79 Å². The average Bonchev–Trinajstić information content (AvgIpc) is 2.43. The van der Waals surface area contributed by atoms with E-state index in [1.165, 1.54) is 12.1 Å². The number of hydrogen-bond donors (Lipinski definition) is 1. The Morgan fingerprint density at radius 3 is 2.59 bits per heavy atom. The first-order valence-corrected chi connectivity index (χ1v) is 8.03. The Kier molecular flexibility index (Phi) is 7.52. The van der Waals surface area contributed by atoms with Crippen LogP contribution in [0.5, 0.6) is 0 Å². The summed E-state index contributed by atoms with van der Waals surface area (Å²) in [7, 11) is 1.82. The smallest absolute Gasteiger partial charge is 0.222 e. The molecule has 0 radical (unpaired) electrons. The number of nitrogens with zero attached hydrogens (tertiary/aromatic N) is 1. The molecule has 2 N–H and O–H groups in total. The number of benzene rings is 1. The maximum atomic E-state index is 13.2. The number of amides is 1. The minimum Gasteiger partial charge on any atom is -0.346 e. The van der Waals surface area contributed by atoms with E-state index in [1.54, 1.807) is 11.0 Å². The highest BCUT2D eigenvalue weighted by atomic mass is 19.1. The lowest BCUT2D eigenvalue weighted by Gasteiger charge is -2.23. The molecule has 0 aliphatic rings. The fraction of sp³-hybridized carbons (Fsp3) is 0.611. The highest BCUT2D eigenvalue weighted by molar-refractivity contribution is 5.76. The highest BCUT2D eigenvalue weighted by Gasteiger charge is 2.16. The second-order valence-electron chi connectivity index (χ2n) is 6.66. The lowest BCUT2D eigenvalue weighted by Crippen LogP contribution is -2.35. The van der Waals surface area contributed by atoms with Crippen molar-refractivity contribution < 1.29 is 9.18 Å². The van der Waals surface area contributed by atoms with Gasteiger partial charge in [-0.2, -0.15) is 0 Å². The summed E-state index contributed by atoms with van der Waals surface area (Å²) in [5, 5.41) is 0. The summed E-state index contributed by atoms with van der Waals surface area (Å²) in [6, 6.07) is 6.70. The Labute approximate surface area is 133 Å². The molecule has 0 saturated carbocycles. The fourth-order valence-corrected chi connectivity index (χ4v) is 2.39. The summed E-state index contributed by atoms with van der Waals surface area (Å²) in [6.07, 6.45) is 2.00. The van der Waals surface area contributed by atoms with E-state index in [0.29, 0.717) is 25.3 Å². The Balaban J connectivity index is 2.39. The third-order valence-electron chi connectivity index (χ3n) is 4.08. The van der Waals surface area contributed by atoms with Crippen LogP contribution in [0, 0.1) is 17.7 Å². The van der Waals surface area contributed by atoms with Crippen molar-refractivity contribution in [2.24, 2.45) is 17.6 Å². The topological polar surface area (TPSA) is 46.3 Å². The van der Waals surface area contributed by atoms with Crippen molar-refractivity contribution in [3.05, 3.63) is 35.6 Å². The summed E-state index contributed by atoms with van der Waals surface area (Å²) in [5.74, 6) is 0.515. The molecule has 1 aromatic rings. The lowest BCUT2D eigenvalue weighted by atomic mass is 9.97. The minimum absolute atomic E-state index is 0.125. The SMILES string of the molecule is CC(CC(=O)N(C)CCC(N)C(C)C)Cc1cccc(F)c1. The predicted molar refractivity (Wildman–Crippen MR) is 89.0 cm³/mol. The van der Waals surface area contributed by atoms with Gasteiger partial charge in [0.05, 0.1) is 0 Å². The maximum Gasteiger partial charge on any atom is 0.222 e. The van der Waals surface area contributed by atoms with E-state index in [2.05, 4.69) is 13.8 Å². The average molecular weight is 308 g/mol. The van der Waals surface area contributed by atoms with Gasteiger partial charge < -0.3 is 10.6 Å². The molecule has 2 unspecified atom stereocenters. The van der Waals surface area contributed by atoms with E-state index >= 15 is 0 Å². The van der Waals surface area contributed by atoms with Crippen LogP contribution in [0.2, 0.25) is 0 Å². The molecule has 1 aromatic carbocycles. The van der Waals surface area contributed by atoms with Gasteiger partial charge in [0.2, 0.25) is 5.91 Å². The van der Waals surface area contributed by atoms with Crippen molar-refractivity contribution >= 4 is 5.91 Å². The van der Waals surface area contributed by atoms with Gasteiger partial charge in [0.1, 0.15) is 5.82 Å². The molecule has 0 heterocycles. The highest BCUT2D eigenvalue weighted by Crippen LogP contribution is 2.14. The van der Waals surface area contributed by atoms with Crippen molar-refractivity contribution in [2.45, 2.75) is 46.1 Å². The maximum absolute atomic E-state index is 13.2. The molecule has 3 nitrogen and oxygen atoms in total. The number of halogens is 1. The molecular formula is C18H29FN2O. The van der Waals surface area contributed by atoms with Crippen LogP contribution < -0.4 is 5.73 Å². The Bertz CT molecular complexity index is 476. The van der Waals surface area contributed by atoms with Gasteiger partial charge in [-0.1, -0.05) is 32.9 Å².